The van der Waals surface area contributed by atoms with Crippen LogP contribution < -0.4 is 5.32 Å². The summed E-state index contributed by atoms with van der Waals surface area (Å²) in [5, 5.41) is 3.06. The largest absolute Gasteiger partial charge is 0.431 e. The molecule has 0 spiro atoms. The van der Waals surface area contributed by atoms with E-state index >= 15 is 0 Å². The second kappa shape index (κ2) is 6.54. The van der Waals surface area contributed by atoms with Gasteiger partial charge >= 0.3 is 0 Å². The molecule has 2 aromatic carbocycles. The second-order valence-electron chi connectivity index (χ2n) is 4.70. The molecule has 1 N–H and O–H groups in total. The van der Waals surface area contributed by atoms with Crippen LogP contribution >= 0.6 is 27.7 Å². The number of amides is 1. The van der Waals surface area contributed by atoms with Crippen LogP contribution in [0.15, 0.2) is 62.6 Å². The number of halogens is 1. The maximum atomic E-state index is 12.2. The van der Waals surface area contributed by atoms with E-state index in [2.05, 4.69) is 26.2 Å². The van der Waals surface area contributed by atoms with Crippen LogP contribution in [0, 0.1) is 0 Å². The Hall–Kier alpha value is -1.79. The summed E-state index contributed by atoms with van der Waals surface area (Å²) >= 11 is 4.66. The molecule has 4 nitrogen and oxygen atoms in total. The summed E-state index contributed by atoms with van der Waals surface area (Å²) in [6, 6.07) is 15.0. The molecular weight excluding hydrogens is 364 g/mol. The van der Waals surface area contributed by atoms with Gasteiger partial charge in [-0.15, -0.1) is 0 Å². The molecule has 0 saturated carbocycles. The number of benzene rings is 2. The maximum Gasteiger partial charge on any atom is 0.257 e. The minimum Gasteiger partial charge on any atom is -0.431 e. The molecule has 1 amide bonds. The summed E-state index contributed by atoms with van der Waals surface area (Å²) in [5.74, 6) is -0.0884. The smallest absolute Gasteiger partial charge is 0.257 e. The summed E-state index contributed by atoms with van der Waals surface area (Å²) in [6.07, 6.45) is 0. The number of carbonyl (C=O) groups is 1. The summed E-state index contributed by atoms with van der Waals surface area (Å²) in [6.45, 7) is 1.83. The fraction of sp³-hybridized carbons (Fsp3) is 0.125. The number of rotatable bonds is 4. The van der Waals surface area contributed by atoms with Crippen molar-refractivity contribution in [1.29, 1.82) is 0 Å². The SMILES string of the molecule is C[C@H](Sc1nc2ccccc2o1)C(=O)Nc1ccc(Br)cc1. The number of para-hydroxylation sites is 2. The molecule has 1 aromatic heterocycles. The van der Waals surface area contributed by atoms with Crippen molar-refractivity contribution in [2.75, 3.05) is 5.32 Å². The monoisotopic (exact) mass is 376 g/mol. The van der Waals surface area contributed by atoms with E-state index in [-0.39, 0.29) is 11.2 Å². The predicted molar refractivity (Wildman–Crippen MR) is 92.1 cm³/mol. The Kier molecular flexibility index (Phi) is 4.49. The van der Waals surface area contributed by atoms with Gasteiger partial charge in [0.1, 0.15) is 5.52 Å². The lowest BCUT2D eigenvalue weighted by atomic mass is 10.3. The molecular formula is C16H13BrN2O2S. The van der Waals surface area contributed by atoms with Crippen LogP contribution in [0.2, 0.25) is 0 Å². The van der Waals surface area contributed by atoms with Gasteiger partial charge < -0.3 is 9.73 Å². The first kappa shape index (κ1) is 15.1. The van der Waals surface area contributed by atoms with Crippen molar-refractivity contribution in [3.8, 4) is 0 Å². The third kappa shape index (κ3) is 3.51. The van der Waals surface area contributed by atoms with Gasteiger partial charge in [-0.2, -0.15) is 0 Å². The average molecular weight is 377 g/mol. The molecule has 3 aromatic rings. The lowest BCUT2D eigenvalue weighted by molar-refractivity contribution is -0.115. The van der Waals surface area contributed by atoms with E-state index in [0.29, 0.717) is 5.22 Å². The van der Waals surface area contributed by atoms with Crippen LogP contribution in [0.5, 0.6) is 0 Å². The predicted octanol–water partition coefficient (Wildman–Crippen LogP) is 4.71. The lowest BCUT2D eigenvalue weighted by Crippen LogP contribution is -2.22. The van der Waals surface area contributed by atoms with Crippen molar-refractivity contribution < 1.29 is 9.21 Å². The first-order chi connectivity index (χ1) is 10.6. The number of fused-ring (bicyclic) bond motifs is 1. The van der Waals surface area contributed by atoms with E-state index in [1.807, 2.05) is 55.5 Å². The van der Waals surface area contributed by atoms with Crippen LogP contribution in [0.25, 0.3) is 11.1 Å². The molecule has 0 aliphatic carbocycles. The zero-order chi connectivity index (χ0) is 15.5. The molecule has 1 atom stereocenters. The second-order valence-corrected chi connectivity index (χ2v) is 6.91. The number of oxazole rings is 1. The Morgan fingerprint density at radius 1 is 1.23 bits per heavy atom. The maximum absolute atomic E-state index is 12.2. The summed E-state index contributed by atoms with van der Waals surface area (Å²) in [4.78, 5) is 16.6. The van der Waals surface area contributed by atoms with Crippen LogP contribution in [-0.2, 0) is 4.79 Å². The Morgan fingerprint density at radius 3 is 2.68 bits per heavy atom. The van der Waals surface area contributed by atoms with Crippen molar-refractivity contribution in [3.63, 3.8) is 0 Å². The van der Waals surface area contributed by atoms with Gasteiger partial charge in [-0.05, 0) is 43.3 Å². The van der Waals surface area contributed by atoms with Gasteiger partial charge in [0, 0.05) is 10.2 Å². The Balaban J connectivity index is 1.66. The number of hydrogen-bond acceptors (Lipinski definition) is 4. The quantitative estimate of drug-likeness (QED) is 0.669. The van der Waals surface area contributed by atoms with Crippen molar-refractivity contribution in [3.05, 3.63) is 53.0 Å². The number of nitrogens with zero attached hydrogens (tertiary/aromatic N) is 1. The topological polar surface area (TPSA) is 55.1 Å². The van der Waals surface area contributed by atoms with Crippen molar-refractivity contribution in [2.45, 2.75) is 17.4 Å². The Bertz CT molecular complexity index is 768. The van der Waals surface area contributed by atoms with Gasteiger partial charge in [-0.3, -0.25) is 4.79 Å². The summed E-state index contributed by atoms with van der Waals surface area (Å²) in [7, 11) is 0. The minimum atomic E-state index is -0.309. The van der Waals surface area contributed by atoms with E-state index in [1.54, 1.807) is 0 Å². The molecule has 3 rings (SSSR count). The number of nitrogens with one attached hydrogen (secondary N) is 1. The molecule has 1 heterocycles. The van der Waals surface area contributed by atoms with Crippen LogP contribution in [-0.4, -0.2) is 16.1 Å². The zero-order valence-electron chi connectivity index (χ0n) is 11.7. The van der Waals surface area contributed by atoms with E-state index < -0.39 is 0 Å². The highest BCUT2D eigenvalue weighted by Gasteiger charge is 2.18. The molecule has 0 radical (unpaired) electrons. The molecule has 0 bridgehead atoms. The molecule has 6 heteroatoms. The molecule has 0 saturated heterocycles. The molecule has 0 unspecified atom stereocenters. The fourth-order valence-electron chi connectivity index (χ4n) is 1.88. The minimum absolute atomic E-state index is 0.0884. The standard InChI is InChI=1S/C16H13BrN2O2S/c1-10(15(20)18-12-8-6-11(17)7-9-12)22-16-19-13-4-2-3-5-14(13)21-16/h2-10H,1H3,(H,18,20)/t10-/m0/s1. The first-order valence-corrected chi connectivity index (χ1v) is 8.38. The van der Waals surface area contributed by atoms with Gasteiger partial charge in [-0.1, -0.05) is 39.8 Å². The van der Waals surface area contributed by atoms with Crippen LogP contribution in [0.4, 0.5) is 5.69 Å². The highest BCUT2D eigenvalue weighted by molar-refractivity contribution is 9.10. The first-order valence-electron chi connectivity index (χ1n) is 6.70. The van der Waals surface area contributed by atoms with E-state index in [1.165, 1.54) is 11.8 Å². The average Bonchev–Trinajstić information content (AvgIpc) is 2.91. The molecule has 0 aliphatic rings. The highest BCUT2D eigenvalue weighted by atomic mass is 79.9. The van der Waals surface area contributed by atoms with Crippen LogP contribution in [0.1, 0.15) is 6.92 Å². The molecule has 0 fully saturated rings. The Morgan fingerprint density at radius 2 is 1.95 bits per heavy atom. The van der Waals surface area contributed by atoms with Crippen LogP contribution in [0.3, 0.4) is 0 Å². The van der Waals surface area contributed by atoms with E-state index in [4.69, 9.17) is 4.42 Å². The number of aromatic nitrogens is 1. The normalized spacial score (nSPS) is 12.3. The highest BCUT2D eigenvalue weighted by Crippen LogP contribution is 2.27. The number of hydrogen-bond donors (Lipinski definition) is 1. The number of carbonyl (C=O) groups excluding carboxylic acids is 1. The fourth-order valence-corrected chi connectivity index (χ4v) is 2.91. The third-order valence-electron chi connectivity index (χ3n) is 3.03. The van der Waals surface area contributed by atoms with E-state index in [0.717, 1.165) is 21.3 Å². The molecule has 0 aliphatic heterocycles. The number of anilines is 1. The van der Waals surface area contributed by atoms with Gasteiger partial charge in [0.05, 0.1) is 5.25 Å². The van der Waals surface area contributed by atoms with Crippen molar-refractivity contribution in [1.82, 2.24) is 4.98 Å². The molecule has 22 heavy (non-hydrogen) atoms. The summed E-state index contributed by atoms with van der Waals surface area (Å²) < 4.78 is 6.59. The Labute approximate surface area is 140 Å². The van der Waals surface area contributed by atoms with Crippen molar-refractivity contribution in [2.24, 2.45) is 0 Å². The molecule has 112 valence electrons. The third-order valence-corrected chi connectivity index (χ3v) is 4.51. The summed E-state index contributed by atoms with van der Waals surface area (Å²) in [5.41, 5.74) is 2.29. The van der Waals surface area contributed by atoms with Gasteiger partial charge in [0.15, 0.2) is 5.58 Å². The van der Waals surface area contributed by atoms with Gasteiger partial charge in [0.25, 0.3) is 5.22 Å². The van der Waals surface area contributed by atoms with E-state index in [9.17, 15) is 4.79 Å². The van der Waals surface area contributed by atoms with Gasteiger partial charge in [-0.25, -0.2) is 4.98 Å². The van der Waals surface area contributed by atoms with Crippen molar-refractivity contribution >= 4 is 50.4 Å². The van der Waals surface area contributed by atoms with Gasteiger partial charge in [0.2, 0.25) is 5.91 Å². The lowest BCUT2D eigenvalue weighted by Gasteiger charge is -2.09. The zero-order valence-corrected chi connectivity index (χ0v) is 14.1. The number of thioether (sulfide) groups is 1.